The van der Waals surface area contributed by atoms with Crippen LogP contribution in [0, 0.1) is 0 Å². The van der Waals surface area contributed by atoms with Crippen molar-refractivity contribution in [3.8, 4) is 11.5 Å². The second-order valence-corrected chi connectivity index (χ2v) is 7.92. The quantitative estimate of drug-likeness (QED) is 0.343. The van der Waals surface area contributed by atoms with Crippen molar-refractivity contribution in [3.05, 3.63) is 47.5 Å². The van der Waals surface area contributed by atoms with Gasteiger partial charge in [0, 0.05) is 11.1 Å². The zero-order valence-electron chi connectivity index (χ0n) is 16.0. The van der Waals surface area contributed by atoms with Gasteiger partial charge in [0.25, 0.3) is 20.2 Å². The van der Waals surface area contributed by atoms with Gasteiger partial charge in [0.15, 0.2) is 0 Å². The van der Waals surface area contributed by atoms with Crippen LogP contribution < -0.4 is 19.7 Å². The number of carboxylic acids is 2. The van der Waals surface area contributed by atoms with Crippen LogP contribution in [0.15, 0.2) is 46.2 Å². The third-order valence-corrected chi connectivity index (χ3v) is 5.23. The first-order valence-corrected chi connectivity index (χ1v) is 10.3. The molecule has 2 N–H and O–H groups in total. The van der Waals surface area contributed by atoms with Crippen molar-refractivity contribution in [2.24, 2.45) is 0 Å². The molecule has 0 saturated carbocycles. The van der Waals surface area contributed by atoms with E-state index in [1.165, 1.54) is 24.3 Å². The van der Waals surface area contributed by atoms with E-state index in [0.717, 1.165) is 26.4 Å². The minimum Gasteiger partial charge on any atom is -0.545 e. The molecule has 0 spiro atoms. The zero-order valence-corrected chi connectivity index (χ0v) is 19.0. The summed E-state index contributed by atoms with van der Waals surface area (Å²) in [6.45, 7) is 0. The van der Waals surface area contributed by atoms with E-state index in [-0.39, 0.29) is 34.6 Å². The topological polar surface area (TPSA) is 207 Å². The van der Waals surface area contributed by atoms with Gasteiger partial charge >= 0.3 is 23.1 Å². The molecule has 0 aliphatic heterocycles. The summed E-state index contributed by atoms with van der Waals surface area (Å²) in [5.41, 5.74) is -1.28. The molecule has 15 heteroatoms. The molecule has 31 heavy (non-hydrogen) atoms. The number of hydrogen-bond acceptors (Lipinski definition) is 10. The van der Waals surface area contributed by atoms with Crippen LogP contribution in [0.3, 0.4) is 0 Å². The Morgan fingerprint density at radius 3 is 1.23 bits per heavy atom. The SMILES string of the molecule is COc1cccc(C(=O)[O-])c1S(=O)(=O)O.COc1cccc(C(=O)[O-])c1S(=O)(=O)O.[Mg+2]. The summed E-state index contributed by atoms with van der Waals surface area (Å²) in [6.07, 6.45) is 0. The van der Waals surface area contributed by atoms with Crippen molar-refractivity contribution < 1.29 is 55.2 Å². The molecule has 0 atom stereocenters. The maximum absolute atomic E-state index is 10.9. The summed E-state index contributed by atoms with van der Waals surface area (Å²) in [7, 11) is -7.02. The average molecular weight is 487 g/mol. The Hall–Kier alpha value is -2.43. The number of hydrogen-bond donors (Lipinski definition) is 2. The molecule has 0 aliphatic carbocycles. The minimum absolute atomic E-state index is 0. The second kappa shape index (κ2) is 11.3. The van der Waals surface area contributed by atoms with Gasteiger partial charge in [0.05, 0.1) is 26.2 Å². The standard InChI is InChI=1S/2C8H8O6S.Mg/c2*1-14-6-4-2-3-5(8(9)10)7(6)15(11,12)13;/h2*2-4H,1H3,(H,9,10)(H,11,12,13);/q;;+2/p-2. The summed E-state index contributed by atoms with van der Waals surface area (Å²) < 4.78 is 70.6. The van der Waals surface area contributed by atoms with Crippen LogP contribution in [-0.4, -0.2) is 75.2 Å². The number of carbonyl (C=O) groups is 2. The van der Waals surface area contributed by atoms with E-state index in [0.29, 0.717) is 0 Å². The molecule has 2 aromatic carbocycles. The van der Waals surface area contributed by atoms with Crippen LogP contribution in [0.2, 0.25) is 0 Å². The molecule has 0 aromatic heterocycles. The van der Waals surface area contributed by atoms with Gasteiger partial charge in [-0.1, -0.05) is 24.3 Å². The van der Waals surface area contributed by atoms with Crippen molar-refractivity contribution in [2.45, 2.75) is 9.79 Å². The molecule has 0 amide bonds. The fourth-order valence-corrected chi connectivity index (χ4v) is 3.88. The molecule has 2 rings (SSSR count). The van der Waals surface area contributed by atoms with Crippen LogP contribution in [0.1, 0.15) is 20.7 Å². The Morgan fingerprint density at radius 2 is 1.03 bits per heavy atom. The summed E-state index contributed by atoms with van der Waals surface area (Å²) >= 11 is 0. The summed E-state index contributed by atoms with van der Waals surface area (Å²) in [5, 5.41) is 21.2. The molecule has 12 nitrogen and oxygen atoms in total. The first kappa shape index (κ1) is 28.6. The maximum Gasteiger partial charge on any atom is 2.00 e. The number of benzene rings is 2. The largest absolute Gasteiger partial charge is 2.00 e. The van der Waals surface area contributed by atoms with Gasteiger partial charge < -0.3 is 29.3 Å². The van der Waals surface area contributed by atoms with Crippen LogP contribution in [0.25, 0.3) is 0 Å². The molecule has 0 saturated heterocycles. The van der Waals surface area contributed by atoms with E-state index in [1.54, 1.807) is 0 Å². The molecule has 0 radical (unpaired) electrons. The van der Waals surface area contributed by atoms with Gasteiger partial charge in [0.2, 0.25) is 0 Å². The summed E-state index contributed by atoms with van der Waals surface area (Å²) in [4.78, 5) is 19.6. The third kappa shape index (κ3) is 7.33. The van der Waals surface area contributed by atoms with E-state index in [2.05, 4.69) is 9.47 Å². The van der Waals surface area contributed by atoms with E-state index in [9.17, 15) is 36.6 Å². The molecule has 0 bridgehead atoms. The second-order valence-electron chi connectivity index (χ2n) is 5.20. The van der Waals surface area contributed by atoms with E-state index in [1.807, 2.05) is 0 Å². The number of carboxylic acid groups (broad SMARTS) is 2. The molecule has 2 aromatic rings. The molecular weight excluding hydrogens is 473 g/mol. The normalized spacial score (nSPS) is 10.7. The van der Waals surface area contributed by atoms with Gasteiger partial charge in [-0.05, 0) is 12.1 Å². The number of aromatic carboxylic acids is 2. The maximum atomic E-state index is 10.9. The van der Waals surface area contributed by atoms with E-state index >= 15 is 0 Å². The van der Waals surface area contributed by atoms with Crippen molar-refractivity contribution in [1.82, 2.24) is 0 Å². The van der Waals surface area contributed by atoms with Gasteiger partial charge in [0.1, 0.15) is 21.3 Å². The van der Waals surface area contributed by atoms with Gasteiger partial charge in [-0.25, -0.2) is 0 Å². The molecular formula is C16H14MgO12S2. The Morgan fingerprint density at radius 1 is 0.742 bits per heavy atom. The Kier molecular flexibility index (Phi) is 10.4. The predicted molar refractivity (Wildman–Crippen MR) is 100 cm³/mol. The number of carbonyl (C=O) groups excluding carboxylic acids is 2. The molecule has 0 fully saturated rings. The Balaban J connectivity index is 0.000000562. The number of methoxy groups -OCH3 is 2. The van der Waals surface area contributed by atoms with Crippen molar-refractivity contribution in [2.75, 3.05) is 14.2 Å². The van der Waals surface area contributed by atoms with Crippen molar-refractivity contribution in [3.63, 3.8) is 0 Å². The summed E-state index contributed by atoms with van der Waals surface area (Å²) in [5.74, 6) is -3.92. The van der Waals surface area contributed by atoms with E-state index in [4.69, 9.17) is 9.11 Å². The van der Waals surface area contributed by atoms with Gasteiger partial charge in [-0.15, -0.1) is 0 Å². The minimum atomic E-state index is -4.67. The Labute approximate surface area is 193 Å². The smallest absolute Gasteiger partial charge is 0.545 e. The van der Waals surface area contributed by atoms with Gasteiger partial charge in [-0.3, -0.25) is 9.11 Å². The fraction of sp³-hybridized carbons (Fsp3) is 0.125. The monoisotopic (exact) mass is 486 g/mol. The first-order valence-electron chi connectivity index (χ1n) is 7.47. The zero-order chi connectivity index (χ0) is 23.3. The van der Waals surface area contributed by atoms with Gasteiger partial charge in [-0.2, -0.15) is 16.8 Å². The number of rotatable bonds is 6. The van der Waals surface area contributed by atoms with Crippen LogP contribution in [0.4, 0.5) is 0 Å². The van der Waals surface area contributed by atoms with Crippen molar-refractivity contribution in [1.29, 1.82) is 0 Å². The third-order valence-electron chi connectivity index (χ3n) is 3.35. The van der Waals surface area contributed by atoms with E-state index < -0.39 is 53.1 Å². The molecule has 0 aliphatic rings. The van der Waals surface area contributed by atoms with Crippen LogP contribution in [0.5, 0.6) is 11.5 Å². The predicted octanol–water partition coefficient (Wildman–Crippen LogP) is -1.77. The average Bonchev–Trinajstić information content (AvgIpc) is 2.65. The molecule has 0 heterocycles. The van der Waals surface area contributed by atoms with Crippen molar-refractivity contribution >= 4 is 55.2 Å². The molecule has 164 valence electrons. The van der Waals surface area contributed by atoms with Crippen LogP contribution in [-0.2, 0) is 20.2 Å². The summed E-state index contributed by atoms with van der Waals surface area (Å²) in [6, 6.07) is 6.99. The molecule has 0 unspecified atom stereocenters. The Bertz CT molecular complexity index is 1080. The number of ether oxygens (including phenoxy) is 2. The van der Waals surface area contributed by atoms with Crippen LogP contribution >= 0.6 is 0 Å². The first-order chi connectivity index (χ1) is 13.8. The fourth-order valence-electron chi connectivity index (χ4n) is 2.21.